The summed E-state index contributed by atoms with van der Waals surface area (Å²) in [5.41, 5.74) is 4.03. The molecule has 0 saturated heterocycles. The molecule has 1 N–H and O–H groups in total. The maximum Gasteiger partial charge on any atom is 0.416 e. The molecule has 5 heteroatoms. The summed E-state index contributed by atoms with van der Waals surface area (Å²) in [4.78, 5) is 7.84. The predicted molar refractivity (Wildman–Crippen MR) is 100 cm³/mol. The number of halogens is 3. The molecule has 0 spiro atoms. The van der Waals surface area contributed by atoms with Gasteiger partial charge in [-0.1, -0.05) is 54.6 Å². The molecule has 0 bridgehead atoms. The smallest absolute Gasteiger partial charge is 0.342 e. The summed E-state index contributed by atoms with van der Waals surface area (Å²) in [7, 11) is 0. The van der Waals surface area contributed by atoms with Crippen molar-refractivity contribution in [2.45, 2.75) is 19.0 Å². The van der Waals surface area contributed by atoms with E-state index in [9.17, 15) is 13.2 Å². The van der Waals surface area contributed by atoms with Crippen LogP contribution in [0.1, 0.15) is 17.0 Å². The van der Waals surface area contributed by atoms with Crippen LogP contribution in [0, 0.1) is 0 Å². The lowest BCUT2D eigenvalue weighted by Gasteiger charge is -2.08. The van der Waals surface area contributed by atoms with Gasteiger partial charge in [-0.15, -0.1) is 0 Å². The normalized spacial score (nSPS) is 11.8. The van der Waals surface area contributed by atoms with Crippen LogP contribution in [0.3, 0.4) is 0 Å². The highest BCUT2D eigenvalue weighted by Gasteiger charge is 2.30. The number of alkyl halides is 3. The van der Waals surface area contributed by atoms with Gasteiger partial charge in [-0.2, -0.15) is 13.2 Å². The van der Waals surface area contributed by atoms with Crippen molar-refractivity contribution in [3.05, 3.63) is 89.7 Å². The van der Waals surface area contributed by atoms with Crippen molar-refractivity contribution in [1.82, 2.24) is 9.97 Å². The number of hydrogen-bond acceptors (Lipinski definition) is 1. The molecule has 0 amide bonds. The number of nitrogens with zero attached hydrogens (tertiary/aromatic N) is 1. The van der Waals surface area contributed by atoms with Crippen LogP contribution in [-0.2, 0) is 19.0 Å². The third kappa shape index (κ3) is 3.87. The lowest BCUT2D eigenvalue weighted by atomic mass is 10.1. The molecule has 27 heavy (non-hydrogen) atoms. The molecule has 0 atom stereocenters. The number of H-pyrrole nitrogens is 1. The summed E-state index contributed by atoms with van der Waals surface area (Å²) in [6.45, 7) is 0. The zero-order valence-corrected chi connectivity index (χ0v) is 14.4. The van der Waals surface area contributed by atoms with Gasteiger partial charge in [0.1, 0.15) is 5.82 Å². The minimum Gasteiger partial charge on any atom is -0.342 e. The zero-order chi connectivity index (χ0) is 18.9. The van der Waals surface area contributed by atoms with Crippen LogP contribution in [0.2, 0.25) is 0 Å². The summed E-state index contributed by atoms with van der Waals surface area (Å²) in [5.74, 6) is 0.771. The summed E-state index contributed by atoms with van der Waals surface area (Å²) < 4.78 is 38.5. The number of fused-ring (bicyclic) bond motifs is 1. The Bertz CT molecular complexity index is 1070. The standard InChI is InChI=1S/C22H17F3N2/c23-22(24,25)18-8-4-5-15(13-18)9-12-21-26-19-11-10-17(14-20(19)27-21)16-6-2-1-3-7-16/h1-8,10-11,13-14H,9,12H2,(H,26,27). The number of hydrogen-bond donors (Lipinski definition) is 1. The van der Waals surface area contributed by atoms with Gasteiger partial charge in [0.2, 0.25) is 0 Å². The van der Waals surface area contributed by atoms with Crippen molar-refractivity contribution in [3.8, 4) is 11.1 Å². The van der Waals surface area contributed by atoms with E-state index in [-0.39, 0.29) is 0 Å². The van der Waals surface area contributed by atoms with E-state index in [0.29, 0.717) is 18.4 Å². The zero-order valence-electron chi connectivity index (χ0n) is 14.4. The van der Waals surface area contributed by atoms with E-state index < -0.39 is 11.7 Å². The molecule has 0 aliphatic heterocycles. The second kappa shape index (κ2) is 6.91. The highest BCUT2D eigenvalue weighted by Crippen LogP contribution is 2.30. The van der Waals surface area contributed by atoms with E-state index in [1.54, 1.807) is 6.07 Å². The molecular formula is C22H17F3N2. The molecule has 0 unspecified atom stereocenters. The molecule has 0 saturated carbocycles. The van der Waals surface area contributed by atoms with E-state index in [1.807, 2.05) is 48.5 Å². The fourth-order valence-corrected chi connectivity index (χ4v) is 3.16. The first-order valence-corrected chi connectivity index (χ1v) is 8.69. The molecule has 3 aromatic carbocycles. The van der Waals surface area contributed by atoms with Crippen LogP contribution < -0.4 is 0 Å². The Balaban J connectivity index is 1.53. The fraction of sp³-hybridized carbons (Fsp3) is 0.136. The Morgan fingerprint density at radius 1 is 0.778 bits per heavy atom. The Morgan fingerprint density at radius 2 is 1.59 bits per heavy atom. The summed E-state index contributed by atoms with van der Waals surface area (Å²) in [6.07, 6.45) is -3.27. The average Bonchev–Trinajstić information content (AvgIpc) is 3.09. The monoisotopic (exact) mass is 366 g/mol. The molecule has 1 aromatic heterocycles. The van der Waals surface area contributed by atoms with Crippen molar-refractivity contribution in [2.24, 2.45) is 0 Å². The Hall–Kier alpha value is -3.08. The van der Waals surface area contributed by atoms with E-state index in [0.717, 1.165) is 34.1 Å². The summed E-state index contributed by atoms with van der Waals surface area (Å²) in [6, 6.07) is 21.5. The van der Waals surface area contributed by atoms with Gasteiger partial charge in [0, 0.05) is 6.42 Å². The van der Waals surface area contributed by atoms with Crippen LogP contribution in [0.5, 0.6) is 0 Å². The van der Waals surface area contributed by atoms with Gasteiger partial charge in [-0.25, -0.2) is 4.98 Å². The maximum atomic E-state index is 12.8. The first kappa shape index (κ1) is 17.3. The van der Waals surface area contributed by atoms with Crippen molar-refractivity contribution < 1.29 is 13.2 Å². The lowest BCUT2D eigenvalue weighted by molar-refractivity contribution is -0.137. The third-order valence-corrected chi connectivity index (χ3v) is 4.54. The molecule has 0 radical (unpaired) electrons. The first-order chi connectivity index (χ1) is 13.0. The molecular weight excluding hydrogens is 349 g/mol. The molecule has 4 rings (SSSR count). The van der Waals surface area contributed by atoms with Crippen molar-refractivity contribution in [2.75, 3.05) is 0 Å². The minimum atomic E-state index is -4.32. The van der Waals surface area contributed by atoms with Gasteiger partial charge in [-0.3, -0.25) is 0 Å². The van der Waals surface area contributed by atoms with Gasteiger partial charge in [0.25, 0.3) is 0 Å². The number of benzene rings is 3. The molecule has 0 aliphatic rings. The molecule has 1 heterocycles. The van der Waals surface area contributed by atoms with Gasteiger partial charge in [0.15, 0.2) is 0 Å². The van der Waals surface area contributed by atoms with E-state index in [4.69, 9.17) is 0 Å². The van der Waals surface area contributed by atoms with E-state index >= 15 is 0 Å². The second-order valence-electron chi connectivity index (χ2n) is 6.48. The topological polar surface area (TPSA) is 28.7 Å². The Kier molecular flexibility index (Phi) is 4.44. The number of aromatic amines is 1. The third-order valence-electron chi connectivity index (χ3n) is 4.54. The second-order valence-corrected chi connectivity index (χ2v) is 6.48. The van der Waals surface area contributed by atoms with Crippen molar-refractivity contribution in [1.29, 1.82) is 0 Å². The van der Waals surface area contributed by atoms with Crippen LogP contribution in [0.15, 0.2) is 72.8 Å². The van der Waals surface area contributed by atoms with Gasteiger partial charge >= 0.3 is 6.18 Å². The molecule has 136 valence electrons. The number of aryl methyl sites for hydroxylation is 2. The molecule has 2 nitrogen and oxygen atoms in total. The Morgan fingerprint density at radius 3 is 2.37 bits per heavy atom. The highest BCUT2D eigenvalue weighted by molar-refractivity contribution is 5.82. The van der Waals surface area contributed by atoms with Crippen LogP contribution in [-0.4, -0.2) is 9.97 Å². The minimum absolute atomic E-state index is 0.495. The lowest BCUT2D eigenvalue weighted by Crippen LogP contribution is -2.05. The average molecular weight is 366 g/mol. The molecule has 0 fully saturated rings. The summed E-state index contributed by atoms with van der Waals surface area (Å²) >= 11 is 0. The van der Waals surface area contributed by atoms with Crippen LogP contribution in [0.25, 0.3) is 22.2 Å². The van der Waals surface area contributed by atoms with E-state index in [2.05, 4.69) is 9.97 Å². The van der Waals surface area contributed by atoms with Crippen molar-refractivity contribution in [3.63, 3.8) is 0 Å². The van der Waals surface area contributed by atoms with Gasteiger partial charge in [-0.05, 0) is 41.3 Å². The largest absolute Gasteiger partial charge is 0.416 e. The Labute approximate surface area is 154 Å². The fourth-order valence-electron chi connectivity index (χ4n) is 3.16. The molecule has 4 aromatic rings. The van der Waals surface area contributed by atoms with Crippen LogP contribution >= 0.6 is 0 Å². The van der Waals surface area contributed by atoms with Crippen molar-refractivity contribution >= 4 is 11.0 Å². The van der Waals surface area contributed by atoms with E-state index in [1.165, 1.54) is 12.1 Å². The summed E-state index contributed by atoms with van der Waals surface area (Å²) in [5, 5.41) is 0. The highest BCUT2D eigenvalue weighted by atomic mass is 19.4. The van der Waals surface area contributed by atoms with Crippen LogP contribution in [0.4, 0.5) is 13.2 Å². The number of aromatic nitrogens is 2. The number of rotatable bonds is 4. The number of imidazole rings is 1. The van der Waals surface area contributed by atoms with Gasteiger partial charge < -0.3 is 4.98 Å². The first-order valence-electron chi connectivity index (χ1n) is 8.69. The molecule has 0 aliphatic carbocycles. The quantitative estimate of drug-likeness (QED) is 0.469. The predicted octanol–water partition coefficient (Wildman–Crippen LogP) is 6.03. The van der Waals surface area contributed by atoms with Gasteiger partial charge in [0.05, 0.1) is 16.6 Å². The number of nitrogens with one attached hydrogen (secondary N) is 1. The SMILES string of the molecule is FC(F)(F)c1cccc(CCc2nc3ccc(-c4ccccc4)cc3[nH]2)c1. The maximum absolute atomic E-state index is 12.8.